The van der Waals surface area contributed by atoms with Crippen LogP contribution in [0.25, 0.3) is 0 Å². The van der Waals surface area contributed by atoms with Gasteiger partial charge in [-0.2, -0.15) is 0 Å². The van der Waals surface area contributed by atoms with Gasteiger partial charge in [0.1, 0.15) is 0 Å². The predicted octanol–water partition coefficient (Wildman–Crippen LogP) is 3.82. The fraction of sp³-hybridized carbons (Fsp3) is 0.750. The first-order valence-electron chi connectivity index (χ1n) is 7.70. The van der Waals surface area contributed by atoms with Crippen molar-refractivity contribution in [2.75, 3.05) is 19.6 Å². The zero-order valence-corrected chi connectivity index (χ0v) is 13.4. The smallest absolute Gasteiger partial charge is 0.0564 e. The molecule has 2 N–H and O–H groups in total. The van der Waals surface area contributed by atoms with E-state index in [0.717, 1.165) is 13.0 Å². The number of nitrogens with zero attached hydrogens (tertiary/aromatic N) is 1. The standard InChI is InChI=1S/C16H28N2S/c1-4-13-7-8-15(19-13)14(11-17)18-10-9-16(5-2,6-3)12-18/h7-8,14H,4-6,9-12,17H2,1-3H3. The molecule has 1 aliphatic rings. The van der Waals surface area contributed by atoms with Crippen LogP contribution in [0.1, 0.15) is 55.8 Å². The summed E-state index contributed by atoms with van der Waals surface area (Å²) in [6.07, 6.45) is 5.06. The third kappa shape index (κ3) is 3.04. The quantitative estimate of drug-likeness (QED) is 0.858. The van der Waals surface area contributed by atoms with E-state index in [9.17, 15) is 0 Å². The van der Waals surface area contributed by atoms with Gasteiger partial charge in [0, 0.05) is 22.8 Å². The monoisotopic (exact) mass is 280 g/mol. The number of nitrogens with two attached hydrogens (primary N) is 1. The average Bonchev–Trinajstić information content (AvgIpc) is 3.07. The van der Waals surface area contributed by atoms with Crippen molar-refractivity contribution in [2.45, 2.75) is 52.5 Å². The minimum Gasteiger partial charge on any atom is -0.329 e. The van der Waals surface area contributed by atoms with Gasteiger partial charge in [-0.05, 0) is 49.8 Å². The van der Waals surface area contributed by atoms with Gasteiger partial charge < -0.3 is 5.73 Å². The molecule has 0 saturated carbocycles. The van der Waals surface area contributed by atoms with Gasteiger partial charge >= 0.3 is 0 Å². The molecule has 0 bridgehead atoms. The van der Waals surface area contributed by atoms with Crippen molar-refractivity contribution >= 4 is 11.3 Å². The number of aryl methyl sites for hydroxylation is 1. The van der Waals surface area contributed by atoms with Gasteiger partial charge in [0.25, 0.3) is 0 Å². The third-order valence-corrected chi connectivity index (χ3v) is 6.32. The van der Waals surface area contributed by atoms with Crippen LogP contribution in [0.15, 0.2) is 12.1 Å². The molecule has 0 aromatic carbocycles. The minimum absolute atomic E-state index is 0.435. The number of rotatable bonds is 6. The van der Waals surface area contributed by atoms with E-state index in [1.165, 1.54) is 42.1 Å². The summed E-state index contributed by atoms with van der Waals surface area (Å²) in [6.45, 7) is 10.1. The summed E-state index contributed by atoms with van der Waals surface area (Å²) in [4.78, 5) is 5.56. The number of thiophene rings is 1. The lowest BCUT2D eigenvalue weighted by Gasteiger charge is -2.30. The Morgan fingerprint density at radius 2 is 2.05 bits per heavy atom. The van der Waals surface area contributed by atoms with Crippen molar-refractivity contribution in [1.82, 2.24) is 4.90 Å². The first-order valence-corrected chi connectivity index (χ1v) is 8.52. The zero-order valence-electron chi connectivity index (χ0n) is 12.6. The van der Waals surface area contributed by atoms with Crippen LogP contribution in [0, 0.1) is 5.41 Å². The molecule has 0 amide bonds. The topological polar surface area (TPSA) is 29.3 Å². The molecular formula is C16H28N2S. The molecule has 1 saturated heterocycles. The maximum Gasteiger partial charge on any atom is 0.0564 e. The molecule has 1 unspecified atom stereocenters. The van der Waals surface area contributed by atoms with Crippen LogP contribution in [-0.2, 0) is 6.42 Å². The summed E-state index contributed by atoms with van der Waals surface area (Å²) < 4.78 is 0. The molecule has 1 aromatic rings. The molecule has 3 heteroatoms. The highest BCUT2D eigenvalue weighted by Crippen LogP contribution is 2.41. The molecule has 1 fully saturated rings. The summed E-state index contributed by atoms with van der Waals surface area (Å²) in [5, 5.41) is 0. The van der Waals surface area contributed by atoms with E-state index in [0.29, 0.717) is 11.5 Å². The molecular weight excluding hydrogens is 252 g/mol. The van der Waals surface area contributed by atoms with E-state index in [-0.39, 0.29) is 0 Å². The van der Waals surface area contributed by atoms with E-state index in [4.69, 9.17) is 5.73 Å². The van der Waals surface area contributed by atoms with Crippen molar-refractivity contribution in [3.63, 3.8) is 0 Å². The van der Waals surface area contributed by atoms with E-state index in [2.05, 4.69) is 37.8 Å². The van der Waals surface area contributed by atoms with Gasteiger partial charge in [-0.1, -0.05) is 20.8 Å². The van der Waals surface area contributed by atoms with Gasteiger partial charge in [-0.25, -0.2) is 0 Å². The summed E-state index contributed by atoms with van der Waals surface area (Å²) in [5.74, 6) is 0. The second-order valence-corrected chi connectivity index (χ2v) is 7.04. The van der Waals surface area contributed by atoms with Crippen molar-refractivity contribution in [1.29, 1.82) is 0 Å². The molecule has 19 heavy (non-hydrogen) atoms. The maximum absolute atomic E-state index is 6.07. The summed E-state index contributed by atoms with van der Waals surface area (Å²) >= 11 is 1.95. The predicted molar refractivity (Wildman–Crippen MR) is 84.7 cm³/mol. The van der Waals surface area contributed by atoms with E-state index in [1.54, 1.807) is 0 Å². The zero-order chi connectivity index (χ0) is 13.9. The first-order chi connectivity index (χ1) is 9.18. The lowest BCUT2D eigenvalue weighted by Crippen LogP contribution is -2.33. The van der Waals surface area contributed by atoms with Crippen LogP contribution >= 0.6 is 11.3 Å². The van der Waals surface area contributed by atoms with Gasteiger partial charge in [0.2, 0.25) is 0 Å². The van der Waals surface area contributed by atoms with Crippen LogP contribution in [-0.4, -0.2) is 24.5 Å². The van der Waals surface area contributed by atoms with E-state index in [1.807, 2.05) is 11.3 Å². The molecule has 0 radical (unpaired) electrons. The fourth-order valence-electron chi connectivity index (χ4n) is 3.27. The Morgan fingerprint density at radius 3 is 2.53 bits per heavy atom. The molecule has 2 rings (SSSR count). The van der Waals surface area contributed by atoms with Crippen LogP contribution in [0.3, 0.4) is 0 Å². The van der Waals surface area contributed by atoms with Gasteiger partial charge in [0.05, 0.1) is 6.04 Å². The molecule has 108 valence electrons. The van der Waals surface area contributed by atoms with Crippen LogP contribution < -0.4 is 5.73 Å². The highest BCUT2D eigenvalue weighted by Gasteiger charge is 2.38. The summed E-state index contributed by atoms with van der Waals surface area (Å²) in [6, 6.07) is 5.00. The maximum atomic E-state index is 6.07. The van der Waals surface area contributed by atoms with E-state index < -0.39 is 0 Å². The molecule has 2 nitrogen and oxygen atoms in total. The van der Waals surface area contributed by atoms with Crippen molar-refractivity contribution in [2.24, 2.45) is 11.1 Å². The Bertz CT molecular complexity index is 395. The lowest BCUT2D eigenvalue weighted by molar-refractivity contribution is 0.199. The second-order valence-electron chi connectivity index (χ2n) is 5.84. The Morgan fingerprint density at radius 1 is 1.32 bits per heavy atom. The Hall–Kier alpha value is -0.380. The second kappa shape index (κ2) is 6.38. The van der Waals surface area contributed by atoms with Crippen LogP contribution in [0.5, 0.6) is 0 Å². The van der Waals surface area contributed by atoms with Crippen LogP contribution in [0.2, 0.25) is 0 Å². The van der Waals surface area contributed by atoms with Crippen molar-refractivity contribution in [3.05, 3.63) is 21.9 Å². The fourth-order valence-corrected chi connectivity index (χ4v) is 4.37. The average molecular weight is 280 g/mol. The number of hydrogen-bond donors (Lipinski definition) is 1. The van der Waals surface area contributed by atoms with Crippen molar-refractivity contribution in [3.8, 4) is 0 Å². The minimum atomic E-state index is 0.435. The summed E-state index contributed by atoms with van der Waals surface area (Å²) in [5.41, 5.74) is 6.61. The molecule has 1 aliphatic heterocycles. The molecule has 1 atom stereocenters. The Balaban J connectivity index is 2.11. The highest BCUT2D eigenvalue weighted by molar-refractivity contribution is 7.12. The molecule has 0 aliphatic carbocycles. The largest absolute Gasteiger partial charge is 0.329 e. The van der Waals surface area contributed by atoms with E-state index >= 15 is 0 Å². The van der Waals surface area contributed by atoms with Crippen molar-refractivity contribution < 1.29 is 0 Å². The lowest BCUT2D eigenvalue weighted by atomic mass is 9.82. The third-order valence-electron chi connectivity index (χ3n) is 4.99. The molecule has 2 heterocycles. The number of hydrogen-bond acceptors (Lipinski definition) is 3. The summed E-state index contributed by atoms with van der Waals surface area (Å²) in [7, 11) is 0. The van der Waals surface area contributed by atoms with Gasteiger partial charge in [-0.3, -0.25) is 4.90 Å². The Kier molecular flexibility index (Phi) is 5.04. The normalized spacial score (nSPS) is 20.8. The SMILES string of the molecule is CCc1ccc(C(CN)N2CCC(CC)(CC)C2)s1. The molecule has 1 aromatic heterocycles. The highest BCUT2D eigenvalue weighted by atomic mass is 32.1. The van der Waals surface area contributed by atoms with Gasteiger partial charge in [-0.15, -0.1) is 11.3 Å². The Labute approximate surface area is 122 Å². The number of likely N-dealkylation sites (tertiary alicyclic amines) is 1. The van der Waals surface area contributed by atoms with Gasteiger partial charge in [0.15, 0.2) is 0 Å². The molecule has 0 spiro atoms. The first kappa shape index (κ1) is 15.0. The van der Waals surface area contributed by atoms with Crippen LogP contribution in [0.4, 0.5) is 0 Å².